The van der Waals surface area contributed by atoms with Gasteiger partial charge in [0.25, 0.3) is 0 Å². The van der Waals surface area contributed by atoms with Crippen molar-refractivity contribution in [2.24, 2.45) is 0 Å². The summed E-state index contributed by atoms with van der Waals surface area (Å²) < 4.78 is 18.8. The van der Waals surface area contributed by atoms with Crippen molar-refractivity contribution in [1.82, 2.24) is 0 Å². The normalized spacial score (nSPS) is 12.2. The smallest absolute Gasteiger partial charge is 0.133 e. The molecule has 0 amide bonds. The highest BCUT2D eigenvalue weighted by Gasteiger charge is 2.10. The quantitative estimate of drug-likeness (QED) is 0.925. The summed E-state index contributed by atoms with van der Waals surface area (Å²) in [6, 6.07) is 11.5. The molecule has 0 saturated heterocycles. The molecule has 0 heterocycles. The highest BCUT2D eigenvalue weighted by atomic mass is 79.9. The van der Waals surface area contributed by atoms with Gasteiger partial charge in [-0.05, 0) is 51.3 Å². The highest BCUT2D eigenvalue weighted by molar-refractivity contribution is 9.10. The summed E-state index contributed by atoms with van der Waals surface area (Å²) in [5.74, 6) is 0.447. The minimum atomic E-state index is -0.652. The Morgan fingerprint density at radius 1 is 1.21 bits per heavy atom. The van der Waals surface area contributed by atoms with Crippen LogP contribution in [-0.4, -0.2) is 12.2 Å². The van der Waals surface area contributed by atoms with Gasteiger partial charge in [0, 0.05) is 6.42 Å². The van der Waals surface area contributed by atoms with E-state index in [0.717, 1.165) is 15.8 Å². The first-order valence-electron chi connectivity index (χ1n) is 5.86. The number of ether oxygens (including phenoxy) is 1. The van der Waals surface area contributed by atoms with Crippen LogP contribution in [0.2, 0.25) is 0 Å². The van der Waals surface area contributed by atoms with Crippen molar-refractivity contribution in [3.63, 3.8) is 0 Å². The third kappa shape index (κ3) is 3.55. The van der Waals surface area contributed by atoms with Crippen LogP contribution >= 0.6 is 15.9 Å². The molecular weight excluding hydrogens is 311 g/mol. The van der Waals surface area contributed by atoms with Gasteiger partial charge in [0.05, 0.1) is 17.7 Å². The zero-order chi connectivity index (χ0) is 13.8. The zero-order valence-electron chi connectivity index (χ0n) is 10.4. The molecule has 19 heavy (non-hydrogen) atoms. The molecule has 0 radical (unpaired) electrons. The van der Waals surface area contributed by atoms with E-state index in [0.29, 0.717) is 12.0 Å². The van der Waals surface area contributed by atoms with Crippen molar-refractivity contribution >= 4 is 15.9 Å². The predicted octanol–water partition coefficient (Wildman–Crippen LogP) is 3.87. The first kappa shape index (κ1) is 14.0. The molecule has 0 spiro atoms. The molecule has 0 bridgehead atoms. The Labute approximate surface area is 120 Å². The van der Waals surface area contributed by atoms with Crippen molar-refractivity contribution in [1.29, 1.82) is 0 Å². The van der Waals surface area contributed by atoms with E-state index >= 15 is 0 Å². The fourth-order valence-electron chi connectivity index (χ4n) is 1.86. The van der Waals surface area contributed by atoms with Crippen LogP contribution in [-0.2, 0) is 6.42 Å². The van der Waals surface area contributed by atoms with Crippen molar-refractivity contribution in [3.05, 3.63) is 63.9 Å². The van der Waals surface area contributed by atoms with E-state index in [1.54, 1.807) is 19.2 Å². The largest absolute Gasteiger partial charge is 0.496 e. The van der Waals surface area contributed by atoms with Gasteiger partial charge >= 0.3 is 0 Å². The zero-order valence-corrected chi connectivity index (χ0v) is 12.0. The molecule has 2 aromatic rings. The second-order valence-corrected chi connectivity index (χ2v) is 5.09. The third-order valence-corrected chi connectivity index (χ3v) is 3.52. The molecular formula is C15H14BrFO2. The lowest BCUT2D eigenvalue weighted by Crippen LogP contribution is -2.02. The van der Waals surface area contributed by atoms with E-state index < -0.39 is 6.10 Å². The molecule has 0 aliphatic carbocycles. The average molecular weight is 325 g/mol. The fourth-order valence-corrected chi connectivity index (χ4v) is 2.45. The standard InChI is InChI=1S/C15H14BrFO2/c1-19-15-7-2-10(8-13(15)16)9-14(18)11-3-5-12(17)6-4-11/h2-8,14,18H,9H2,1H3. The summed E-state index contributed by atoms with van der Waals surface area (Å²) in [5, 5.41) is 10.1. The van der Waals surface area contributed by atoms with E-state index in [-0.39, 0.29) is 5.82 Å². The van der Waals surface area contributed by atoms with Gasteiger partial charge in [-0.15, -0.1) is 0 Å². The average Bonchev–Trinajstić information content (AvgIpc) is 2.39. The van der Waals surface area contributed by atoms with Gasteiger partial charge in [-0.1, -0.05) is 18.2 Å². The van der Waals surface area contributed by atoms with Crippen molar-refractivity contribution in [2.45, 2.75) is 12.5 Å². The molecule has 0 saturated carbocycles. The fraction of sp³-hybridized carbons (Fsp3) is 0.200. The maximum atomic E-state index is 12.8. The summed E-state index contributed by atoms with van der Waals surface area (Å²) in [7, 11) is 1.60. The maximum absolute atomic E-state index is 12.8. The Morgan fingerprint density at radius 2 is 1.89 bits per heavy atom. The Hall–Kier alpha value is -1.39. The molecule has 100 valence electrons. The molecule has 4 heteroatoms. The minimum absolute atomic E-state index is 0.303. The second-order valence-electron chi connectivity index (χ2n) is 4.24. The Kier molecular flexibility index (Phi) is 4.56. The van der Waals surface area contributed by atoms with Crippen molar-refractivity contribution in [3.8, 4) is 5.75 Å². The third-order valence-electron chi connectivity index (χ3n) is 2.90. The van der Waals surface area contributed by atoms with E-state index in [1.165, 1.54) is 12.1 Å². The number of methoxy groups -OCH3 is 1. The Balaban J connectivity index is 2.12. The molecule has 1 atom stereocenters. The topological polar surface area (TPSA) is 29.5 Å². The number of aliphatic hydroxyl groups is 1. The Bertz CT molecular complexity index is 555. The summed E-state index contributed by atoms with van der Waals surface area (Å²) in [6.07, 6.45) is -0.185. The lowest BCUT2D eigenvalue weighted by molar-refractivity contribution is 0.178. The number of halogens is 2. The first-order chi connectivity index (χ1) is 9.10. The number of rotatable bonds is 4. The van der Waals surface area contributed by atoms with Gasteiger partial charge in [0.2, 0.25) is 0 Å². The van der Waals surface area contributed by atoms with Crippen molar-refractivity contribution in [2.75, 3.05) is 7.11 Å². The van der Waals surface area contributed by atoms with E-state index in [4.69, 9.17) is 4.74 Å². The lowest BCUT2D eigenvalue weighted by atomic mass is 10.0. The van der Waals surface area contributed by atoms with E-state index in [9.17, 15) is 9.50 Å². The number of hydrogen-bond donors (Lipinski definition) is 1. The summed E-state index contributed by atoms with van der Waals surface area (Å²) in [5.41, 5.74) is 1.68. The monoisotopic (exact) mass is 324 g/mol. The van der Waals surface area contributed by atoms with Crippen LogP contribution in [0.5, 0.6) is 5.75 Å². The van der Waals surface area contributed by atoms with Gasteiger partial charge in [0.1, 0.15) is 11.6 Å². The molecule has 2 rings (SSSR count). The number of aliphatic hydroxyl groups excluding tert-OH is 1. The van der Waals surface area contributed by atoms with Gasteiger partial charge in [-0.25, -0.2) is 4.39 Å². The van der Waals surface area contributed by atoms with Crippen LogP contribution in [0.4, 0.5) is 4.39 Å². The molecule has 1 N–H and O–H groups in total. The van der Waals surface area contributed by atoms with Crippen LogP contribution in [0.1, 0.15) is 17.2 Å². The molecule has 0 aliphatic heterocycles. The van der Waals surface area contributed by atoms with Crippen molar-refractivity contribution < 1.29 is 14.2 Å². The Morgan fingerprint density at radius 3 is 2.47 bits per heavy atom. The molecule has 2 aromatic carbocycles. The molecule has 0 aromatic heterocycles. The second kappa shape index (κ2) is 6.17. The summed E-state index contributed by atoms with van der Waals surface area (Å²) in [4.78, 5) is 0. The van der Waals surface area contributed by atoms with Gasteiger partial charge in [-0.3, -0.25) is 0 Å². The minimum Gasteiger partial charge on any atom is -0.496 e. The lowest BCUT2D eigenvalue weighted by Gasteiger charge is -2.12. The molecule has 0 aliphatic rings. The maximum Gasteiger partial charge on any atom is 0.133 e. The highest BCUT2D eigenvalue weighted by Crippen LogP contribution is 2.27. The summed E-state index contributed by atoms with van der Waals surface area (Å²) in [6.45, 7) is 0. The number of benzene rings is 2. The van der Waals surface area contributed by atoms with Crippen LogP contribution < -0.4 is 4.74 Å². The predicted molar refractivity (Wildman–Crippen MR) is 75.8 cm³/mol. The molecule has 2 nitrogen and oxygen atoms in total. The molecule has 1 unspecified atom stereocenters. The number of hydrogen-bond acceptors (Lipinski definition) is 2. The van der Waals surface area contributed by atoms with Crippen LogP contribution in [0.15, 0.2) is 46.9 Å². The molecule has 0 fully saturated rings. The van der Waals surface area contributed by atoms with Crippen LogP contribution in [0, 0.1) is 5.82 Å². The van der Waals surface area contributed by atoms with E-state index in [2.05, 4.69) is 15.9 Å². The van der Waals surface area contributed by atoms with E-state index in [1.807, 2.05) is 18.2 Å². The van der Waals surface area contributed by atoms with Crippen LogP contribution in [0.25, 0.3) is 0 Å². The summed E-state index contributed by atoms with van der Waals surface area (Å²) >= 11 is 3.41. The van der Waals surface area contributed by atoms with Crippen LogP contribution in [0.3, 0.4) is 0 Å². The van der Waals surface area contributed by atoms with Gasteiger partial charge < -0.3 is 9.84 Å². The SMILES string of the molecule is COc1ccc(CC(O)c2ccc(F)cc2)cc1Br. The first-order valence-corrected chi connectivity index (χ1v) is 6.65. The van der Waals surface area contributed by atoms with Gasteiger partial charge in [0.15, 0.2) is 0 Å². The van der Waals surface area contributed by atoms with Gasteiger partial charge in [-0.2, -0.15) is 0 Å².